The molecule has 0 amide bonds. The van der Waals surface area contributed by atoms with E-state index in [1.54, 1.807) is 17.8 Å². The summed E-state index contributed by atoms with van der Waals surface area (Å²) in [6, 6.07) is 13.9. The molecule has 1 aliphatic rings. The first-order valence-corrected chi connectivity index (χ1v) is 6.63. The van der Waals surface area contributed by atoms with Gasteiger partial charge in [0.05, 0.1) is 11.4 Å². The maximum absolute atomic E-state index is 10.6. The van der Waals surface area contributed by atoms with E-state index < -0.39 is 5.97 Å². The van der Waals surface area contributed by atoms with Gasteiger partial charge in [0.2, 0.25) is 0 Å². The molecule has 0 radical (unpaired) electrons. The maximum Gasteiger partial charge on any atom is 0.328 e. The molecule has 0 atom stereocenters. The largest absolute Gasteiger partial charge is 0.478 e. The number of para-hydroxylation sites is 2. The molecule has 1 heterocycles. The summed E-state index contributed by atoms with van der Waals surface area (Å²) in [5.41, 5.74) is 2.89. The number of hydrogen-bond donors (Lipinski definition) is 2. The predicted molar refractivity (Wildman–Crippen MR) is 77.0 cm³/mol. The number of benzene rings is 2. The third-order valence-electron chi connectivity index (χ3n) is 2.83. The lowest BCUT2D eigenvalue weighted by atomic mass is 10.1. The summed E-state index contributed by atoms with van der Waals surface area (Å²) in [6.45, 7) is 0. The molecule has 2 N–H and O–H groups in total. The molecule has 94 valence electrons. The lowest BCUT2D eigenvalue weighted by Crippen LogP contribution is -2.01. The molecular weight excluding hydrogens is 258 g/mol. The summed E-state index contributed by atoms with van der Waals surface area (Å²) < 4.78 is 0. The van der Waals surface area contributed by atoms with Crippen molar-refractivity contribution in [3.8, 4) is 0 Å². The molecular formula is C15H11NO2S. The third kappa shape index (κ3) is 2.35. The number of carboxylic acids is 1. The third-order valence-corrected chi connectivity index (χ3v) is 3.97. The Morgan fingerprint density at radius 3 is 2.74 bits per heavy atom. The smallest absolute Gasteiger partial charge is 0.328 e. The molecule has 0 unspecified atom stereocenters. The van der Waals surface area contributed by atoms with Crippen molar-refractivity contribution in [1.82, 2.24) is 0 Å². The highest BCUT2D eigenvalue weighted by molar-refractivity contribution is 7.99. The lowest BCUT2D eigenvalue weighted by molar-refractivity contribution is -0.131. The first kappa shape index (κ1) is 11.9. The van der Waals surface area contributed by atoms with E-state index in [9.17, 15) is 4.79 Å². The second-order valence-electron chi connectivity index (χ2n) is 4.12. The maximum atomic E-state index is 10.6. The second-order valence-corrected chi connectivity index (χ2v) is 5.20. The minimum Gasteiger partial charge on any atom is -0.478 e. The van der Waals surface area contributed by atoms with Crippen molar-refractivity contribution in [1.29, 1.82) is 0 Å². The van der Waals surface area contributed by atoms with Gasteiger partial charge in [0.1, 0.15) is 0 Å². The fourth-order valence-electron chi connectivity index (χ4n) is 1.98. The molecule has 0 fully saturated rings. The molecule has 1 aliphatic heterocycles. The van der Waals surface area contributed by atoms with Crippen LogP contribution in [0, 0.1) is 0 Å². The number of carboxylic acid groups (broad SMARTS) is 1. The van der Waals surface area contributed by atoms with E-state index in [1.807, 2.05) is 36.4 Å². The van der Waals surface area contributed by atoms with E-state index in [4.69, 9.17) is 5.11 Å². The van der Waals surface area contributed by atoms with Crippen LogP contribution < -0.4 is 5.32 Å². The van der Waals surface area contributed by atoms with Crippen LogP contribution in [0.4, 0.5) is 11.4 Å². The Morgan fingerprint density at radius 1 is 1.11 bits per heavy atom. The van der Waals surface area contributed by atoms with Gasteiger partial charge in [-0.3, -0.25) is 0 Å². The molecule has 0 saturated heterocycles. The molecule has 0 saturated carbocycles. The Hall–Kier alpha value is -2.20. The highest BCUT2D eigenvalue weighted by Gasteiger charge is 2.16. The number of carbonyl (C=O) groups is 1. The average molecular weight is 269 g/mol. The van der Waals surface area contributed by atoms with Crippen molar-refractivity contribution in [3.05, 3.63) is 54.1 Å². The average Bonchev–Trinajstić information content (AvgIpc) is 2.42. The van der Waals surface area contributed by atoms with E-state index in [0.717, 1.165) is 27.9 Å². The number of aliphatic carboxylic acids is 1. The topological polar surface area (TPSA) is 49.3 Å². The van der Waals surface area contributed by atoms with Gasteiger partial charge in [0, 0.05) is 15.9 Å². The van der Waals surface area contributed by atoms with Crippen molar-refractivity contribution >= 4 is 35.2 Å². The molecule has 2 aromatic rings. The summed E-state index contributed by atoms with van der Waals surface area (Å²) in [5, 5.41) is 12.1. The first-order valence-electron chi connectivity index (χ1n) is 5.82. The SMILES string of the molecule is O=C(O)/C=C/c1cccc2c1Nc1ccccc1S2. The number of anilines is 2. The Balaban J connectivity index is 2.03. The first-order chi connectivity index (χ1) is 9.24. The summed E-state index contributed by atoms with van der Waals surface area (Å²) >= 11 is 1.69. The van der Waals surface area contributed by atoms with Crippen molar-refractivity contribution in [2.45, 2.75) is 9.79 Å². The van der Waals surface area contributed by atoms with E-state index in [-0.39, 0.29) is 0 Å². The Bertz CT molecular complexity index is 680. The molecule has 3 rings (SSSR count). The van der Waals surface area contributed by atoms with E-state index in [0.29, 0.717) is 0 Å². The zero-order valence-electron chi connectivity index (χ0n) is 9.96. The van der Waals surface area contributed by atoms with Gasteiger partial charge >= 0.3 is 5.97 Å². The minimum atomic E-state index is -0.943. The summed E-state index contributed by atoms with van der Waals surface area (Å²) in [7, 11) is 0. The zero-order valence-corrected chi connectivity index (χ0v) is 10.8. The van der Waals surface area contributed by atoms with Crippen LogP contribution in [0.15, 0.2) is 58.3 Å². The van der Waals surface area contributed by atoms with Gasteiger partial charge in [-0.05, 0) is 29.8 Å². The van der Waals surface area contributed by atoms with Crippen LogP contribution in [0.25, 0.3) is 6.08 Å². The normalized spacial score (nSPS) is 12.6. The fourth-order valence-corrected chi connectivity index (χ4v) is 3.01. The Morgan fingerprint density at radius 2 is 1.89 bits per heavy atom. The van der Waals surface area contributed by atoms with Crippen LogP contribution in [-0.2, 0) is 4.79 Å². The quantitative estimate of drug-likeness (QED) is 0.691. The molecule has 3 nitrogen and oxygen atoms in total. The van der Waals surface area contributed by atoms with Gasteiger partial charge in [-0.25, -0.2) is 4.79 Å². The Kier molecular flexibility index (Phi) is 3.01. The molecule has 19 heavy (non-hydrogen) atoms. The van der Waals surface area contributed by atoms with Crippen LogP contribution in [0.1, 0.15) is 5.56 Å². The number of nitrogens with one attached hydrogen (secondary N) is 1. The summed E-state index contributed by atoms with van der Waals surface area (Å²) in [6.07, 6.45) is 2.77. The van der Waals surface area contributed by atoms with E-state index in [2.05, 4.69) is 11.4 Å². The van der Waals surface area contributed by atoms with Gasteiger partial charge in [-0.15, -0.1) is 0 Å². The molecule has 0 aliphatic carbocycles. The van der Waals surface area contributed by atoms with Crippen molar-refractivity contribution in [2.24, 2.45) is 0 Å². The summed E-state index contributed by atoms with van der Waals surface area (Å²) in [5.74, 6) is -0.943. The lowest BCUT2D eigenvalue weighted by Gasteiger charge is -2.22. The predicted octanol–water partition coefficient (Wildman–Crippen LogP) is 3.99. The van der Waals surface area contributed by atoms with Crippen molar-refractivity contribution < 1.29 is 9.90 Å². The van der Waals surface area contributed by atoms with Gasteiger partial charge in [0.25, 0.3) is 0 Å². The fraction of sp³-hybridized carbons (Fsp3) is 0. The van der Waals surface area contributed by atoms with Crippen LogP contribution in [-0.4, -0.2) is 11.1 Å². The van der Waals surface area contributed by atoms with Crippen LogP contribution in [0.3, 0.4) is 0 Å². The monoisotopic (exact) mass is 269 g/mol. The molecule has 2 aromatic carbocycles. The van der Waals surface area contributed by atoms with Crippen LogP contribution >= 0.6 is 11.8 Å². The van der Waals surface area contributed by atoms with E-state index in [1.165, 1.54) is 4.90 Å². The van der Waals surface area contributed by atoms with Crippen LogP contribution in [0.2, 0.25) is 0 Å². The number of fused-ring (bicyclic) bond motifs is 2. The van der Waals surface area contributed by atoms with Crippen LogP contribution in [0.5, 0.6) is 0 Å². The van der Waals surface area contributed by atoms with Crippen molar-refractivity contribution in [3.63, 3.8) is 0 Å². The zero-order chi connectivity index (χ0) is 13.2. The van der Waals surface area contributed by atoms with Gasteiger partial charge in [-0.2, -0.15) is 0 Å². The second kappa shape index (κ2) is 4.82. The van der Waals surface area contributed by atoms with Gasteiger partial charge < -0.3 is 10.4 Å². The Labute approximate surface area is 115 Å². The van der Waals surface area contributed by atoms with Gasteiger partial charge in [-0.1, -0.05) is 36.0 Å². The molecule has 0 aromatic heterocycles. The molecule has 4 heteroatoms. The highest BCUT2D eigenvalue weighted by atomic mass is 32.2. The van der Waals surface area contributed by atoms with Crippen molar-refractivity contribution in [2.75, 3.05) is 5.32 Å². The van der Waals surface area contributed by atoms with E-state index >= 15 is 0 Å². The van der Waals surface area contributed by atoms with Gasteiger partial charge in [0.15, 0.2) is 0 Å². The number of rotatable bonds is 2. The minimum absolute atomic E-state index is 0.877. The number of hydrogen-bond acceptors (Lipinski definition) is 3. The summed E-state index contributed by atoms with van der Waals surface area (Å²) in [4.78, 5) is 12.9. The standard InChI is InChI=1S/C15H11NO2S/c17-14(18)9-8-10-4-3-7-13-15(10)16-11-5-1-2-6-12(11)19-13/h1-9,16H,(H,17,18)/b9-8+. The highest BCUT2D eigenvalue weighted by Crippen LogP contribution is 2.45. The molecule has 0 bridgehead atoms. The molecule has 0 spiro atoms.